The summed E-state index contributed by atoms with van der Waals surface area (Å²) in [5, 5.41) is 16.0. The third-order valence-electron chi connectivity index (χ3n) is 3.86. The number of nitrogens with one attached hydrogen (secondary N) is 1. The van der Waals surface area contributed by atoms with Crippen molar-refractivity contribution in [3.05, 3.63) is 10.4 Å². The number of carbonyl (C=O) groups is 1. The Labute approximate surface area is 107 Å². The van der Waals surface area contributed by atoms with Crippen LogP contribution in [0.2, 0.25) is 0 Å². The molecule has 18 heavy (non-hydrogen) atoms. The zero-order valence-corrected chi connectivity index (χ0v) is 10.9. The third-order valence-corrected chi connectivity index (χ3v) is 3.86. The first-order valence-corrected chi connectivity index (χ1v) is 6.60. The van der Waals surface area contributed by atoms with Crippen LogP contribution in [-0.4, -0.2) is 29.7 Å². The van der Waals surface area contributed by atoms with Gasteiger partial charge in [0.2, 0.25) is 0 Å². The van der Waals surface area contributed by atoms with Crippen molar-refractivity contribution < 1.29 is 9.90 Å². The average molecular weight is 254 g/mol. The van der Waals surface area contributed by atoms with Gasteiger partial charge in [0.15, 0.2) is 0 Å². The van der Waals surface area contributed by atoms with Crippen molar-refractivity contribution >= 4 is 5.97 Å². The molecule has 1 saturated carbocycles. The zero-order chi connectivity index (χ0) is 13.4. The molecule has 6 nitrogen and oxygen atoms in total. The molecule has 0 aromatic carbocycles. The second-order valence-corrected chi connectivity index (χ2v) is 5.08. The molecule has 0 radical (unpaired) electrons. The molecular formula is C12H22N4O2. The van der Waals surface area contributed by atoms with Crippen LogP contribution >= 0.6 is 0 Å². The molecule has 1 atom stereocenters. The van der Waals surface area contributed by atoms with Gasteiger partial charge in [-0.25, -0.2) is 0 Å². The molecule has 0 aromatic rings. The molecular weight excluding hydrogens is 232 g/mol. The maximum Gasteiger partial charge on any atom is 0.323 e. The number of rotatable bonds is 7. The Morgan fingerprint density at radius 1 is 1.50 bits per heavy atom. The number of carboxylic acid groups (broad SMARTS) is 1. The van der Waals surface area contributed by atoms with E-state index in [4.69, 9.17) is 5.53 Å². The maximum absolute atomic E-state index is 11.5. The Hall–Kier alpha value is -1.26. The highest BCUT2D eigenvalue weighted by molar-refractivity contribution is 5.78. The largest absolute Gasteiger partial charge is 0.480 e. The van der Waals surface area contributed by atoms with E-state index in [1.54, 1.807) is 6.92 Å². The Balaban J connectivity index is 2.50. The van der Waals surface area contributed by atoms with Crippen LogP contribution < -0.4 is 5.32 Å². The molecule has 1 unspecified atom stereocenters. The van der Waals surface area contributed by atoms with Gasteiger partial charge in [-0.2, -0.15) is 0 Å². The maximum atomic E-state index is 11.5. The van der Waals surface area contributed by atoms with E-state index in [9.17, 15) is 9.90 Å². The summed E-state index contributed by atoms with van der Waals surface area (Å²) < 4.78 is 0. The second kappa shape index (κ2) is 7.24. The highest BCUT2D eigenvalue weighted by Gasteiger charge is 2.40. The minimum absolute atomic E-state index is 0.197. The van der Waals surface area contributed by atoms with Crippen LogP contribution in [0.25, 0.3) is 10.4 Å². The normalized spacial score (nSPS) is 19.8. The van der Waals surface area contributed by atoms with Crippen molar-refractivity contribution in [3.63, 3.8) is 0 Å². The van der Waals surface area contributed by atoms with Crippen LogP contribution in [0, 0.1) is 5.92 Å². The second-order valence-electron chi connectivity index (χ2n) is 5.08. The fourth-order valence-corrected chi connectivity index (χ4v) is 2.62. The monoisotopic (exact) mass is 254 g/mol. The van der Waals surface area contributed by atoms with Crippen LogP contribution in [0.5, 0.6) is 0 Å². The van der Waals surface area contributed by atoms with Gasteiger partial charge in [-0.15, -0.1) is 0 Å². The van der Waals surface area contributed by atoms with Crippen molar-refractivity contribution in [2.45, 2.75) is 51.0 Å². The van der Waals surface area contributed by atoms with Gasteiger partial charge in [-0.3, -0.25) is 4.79 Å². The summed E-state index contributed by atoms with van der Waals surface area (Å²) >= 11 is 0. The molecule has 0 aliphatic heterocycles. The molecule has 6 heteroatoms. The summed E-state index contributed by atoms with van der Waals surface area (Å²) in [5.74, 6) is -0.582. The van der Waals surface area contributed by atoms with Gasteiger partial charge >= 0.3 is 5.97 Å². The summed E-state index contributed by atoms with van der Waals surface area (Å²) in [4.78, 5) is 14.2. The van der Waals surface area contributed by atoms with Crippen molar-refractivity contribution in [3.8, 4) is 0 Å². The first kappa shape index (κ1) is 14.8. The first-order chi connectivity index (χ1) is 8.61. The molecule has 0 aromatic heterocycles. The van der Waals surface area contributed by atoms with Gasteiger partial charge in [0, 0.05) is 11.5 Å². The third kappa shape index (κ3) is 3.89. The Bertz CT molecular complexity index is 322. The number of azide groups is 1. The quantitative estimate of drug-likeness (QED) is 0.316. The highest BCUT2D eigenvalue weighted by atomic mass is 16.4. The molecule has 1 aliphatic carbocycles. The lowest BCUT2D eigenvalue weighted by atomic mass is 9.75. The minimum Gasteiger partial charge on any atom is -0.480 e. The fourth-order valence-electron chi connectivity index (χ4n) is 2.62. The molecule has 0 bridgehead atoms. The van der Waals surface area contributed by atoms with E-state index in [2.05, 4.69) is 15.3 Å². The lowest BCUT2D eigenvalue weighted by molar-refractivity contribution is -0.147. The van der Waals surface area contributed by atoms with E-state index >= 15 is 0 Å². The molecule has 2 N–H and O–H groups in total. The lowest BCUT2D eigenvalue weighted by Gasteiger charge is -2.37. The molecule has 0 spiro atoms. The minimum atomic E-state index is -0.850. The van der Waals surface area contributed by atoms with Crippen molar-refractivity contribution in [1.29, 1.82) is 0 Å². The number of hydrogen-bond acceptors (Lipinski definition) is 3. The lowest BCUT2D eigenvalue weighted by Crippen LogP contribution is -2.55. The van der Waals surface area contributed by atoms with Crippen LogP contribution in [0.3, 0.4) is 0 Å². The van der Waals surface area contributed by atoms with Crippen LogP contribution in [0.4, 0.5) is 0 Å². The molecule has 1 rings (SSSR count). The van der Waals surface area contributed by atoms with E-state index in [0.717, 1.165) is 25.7 Å². The van der Waals surface area contributed by atoms with Crippen LogP contribution in [0.1, 0.15) is 45.4 Å². The van der Waals surface area contributed by atoms with Crippen molar-refractivity contribution in [2.24, 2.45) is 11.0 Å². The summed E-state index contributed by atoms with van der Waals surface area (Å²) in [6, 6.07) is 0. The zero-order valence-electron chi connectivity index (χ0n) is 10.9. The molecule has 0 heterocycles. The highest BCUT2D eigenvalue weighted by Crippen LogP contribution is 2.32. The molecule has 0 saturated heterocycles. The molecule has 0 amide bonds. The Morgan fingerprint density at radius 2 is 2.17 bits per heavy atom. The number of hydrogen-bond donors (Lipinski definition) is 2. The summed E-state index contributed by atoms with van der Waals surface area (Å²) in [5.41, 5.74) is 7.31. The first-order valence-electron chi connectivity index (χ1n) is 6.60. The number of aliphatic carboxylic acids is 1. The van der Waals surface area contributed by atoms with Crippen molar-refractivity contribution in [1.82, 2.24) is 5.32 Å². The van der Waals surface area contributed by atoms with Gasteiger partial charge in [0.05, 0.1) is 0 Å². The summed E-state index contributed by atoms with van der Waals surface area (Å²) in [6.07, 6.45) is 6.07. The predicted molar refractivity (Wildman–Crippen MR) is 69.2 cm³/mol. The van der Waals surface area contributed by atoms with E-state index in [1.807, 2.05) is 0 Å². The van der Waals surface area contributed by atoms with E-state index in [0.29, 0.717) is 19.5 Å². The molecule has 1 aliphatic rings. The topological polar surface area (TPSA) is 98.1 Å². The van der Waals surface area contributed by atoms with Gasteiger partial charge in [-0.05, 0) is 44.2 Å². The SMILES string of the molecule is CC(NCCCN=[N+]=[N-])(C(=O)O)C1CCCCC1. The van der Waals surface area contributed by atoms with E-state index in [-0.39, 0.29) is 5.92 Å². The Morgan fingerprint density at radius 3 is 2.72 bits per heavy atom. The van der Waals surface area contributed by atoms with Crippen LogP contribution in [-0.2, 0) is 4.79 Å². The standard InChI is InChI=1S/C12H22N4O2/c1-12(11(17)18,10-6-3-2-4-7-10)14-8-5-9-15-16-13/h10,14H,2-9H2,1H3,(H,17,18). The number of nitrogens with zero attached hydrogens (tertiary/aromatic N) is 3. The van der Waals surface area contributed by atoms with E-state index < -0.39 is 11.5 Å². The fraction of sp³-hybridized carbons (Fsp3) is 0.917. The van der Waals surface area contributed by atoms with E-state index in [1.165, 1.54) is 6.42 Å². The summed E-state index contributed by atoms with van der Waals surface area (Å²) in [7, 11) is 0. The number of carboxylic acids is 1. The van der Waals surface area contributed by atoms with Crippen molar-refractivity contribution in [2.75, 3.05) is 13.1 Å². The van der Waals surface area contributed by atoms with Gasteiger partial charge < -0.3 is 10.4 Å². The Kier molecular flexibility index (Phi) is 5.95. The predicted octanol–water partition coefficient (Wildman–Crippen LogP) is 2.70. The summed E-state index contributed by atoms with van der Waals surface area (Å²) in [6.45, 7) is 2.75. The van der Waals surface area contributed by atoms with Crippen LogP contribution in [0.15, 0.2) is 5.11 Å². The smallest absolute Gasteiger partial charge is 0.323 e. The van der Waals surface area contributed by atoms with Gasteiger partial charge in [0.1, 0.15) is 5.54 Å². The van der Waals surface area contributed by atoms with Gasteiger partial charge in [-0.1, -0.05) is 24.4 Å². The van der Waals surface area contributed by atoms with Gasteiger partial charge in [0.25, 0.3) is 0 Å². The molecule has 102 valence electrons. The molecule has 1 fully saturated rings. The average Bonchev–Trinajstić information content (AvgIpc) is 2.39.